The van der Waals surface area contributed by atoms with Crippen molar-refractivity contribution in [3.8, 4) is 16.8 Å². The molecule has 0 saturated carbocycles. The van der Waals surface area contributed by atoms with Crippen molar-refractivity contribution in [1.29, 1.82) is 0 Å². The summed E-state index contributed by atoms with van der Waals surface area (Å²) in [5.41, 5.74) is 9.80. The van der Waals surface area contributed by atoms with Crippen molar-refractivity contribution in [3.63, 3.8) is 0 Å². The first-order valence-electron chi connectivity index (χ1n) is 11.9. The number of hydrogen-bond donors (Lipinski definition) is 0. The Morgan fingerprint density at radius 1 is 0.794 bits per heavy atom. The third-order valence-electron chi connectivity index (χ3n) is 6.46. The van der Waals surface area contributed by atoms with E-state index in [-0.39, 0.29) is 0 Å². The number of allylic oxidation sites excluding steroid dienone is 5. The van der Waals surface area contributed by atoms with E-state index in [0.29, 0.717) is 0 Å². The molecular formula is C33H29N. The van der Waals surface area contributed by atoms with E-state index in [1.165, 1.54) is 49.7 Å². The average Bonchev–Trinajstić information content (AvgIpc) is 3.24. The summed E-state index contributed by atoms with van der Waals surface area (Å²) in [5.74, 6) is 0. The lowest BCUT2D eigenvalue weighted by atomic mass is 9.94. The van der Waals surface area contributed by atoms with E-state index in [2.05, 4.69) is 134 Å². The summed E-state index contributed by atoms with van der Waals surface area (Å²) in [5, 5.41) is 2.54. The predicted octanol–water partition coefficient (Wildman–Crippen LogP) is 9.16. The quantitative estimate of drug-likeness (QED) is 0.232. The fraction of sp³-hybridized carbons (Fsp3) is 0.0909. The number of hydrogen-bond acceptors (Lipinski definition) is 0. The molecule has 0 fully saturated rings. The largest absolute Gasteiger partial charge is 0.309 e. The van der Waals surface area contributed by atoms with Gasteiger partial charge in [-0.25, -0.2) is 0 Å². The Labute approximate surface area is 202 Å². The maximum absolute atomic E-state index is 3.97. The molecule has 0 unspecified atom stereocenters. The van der Waals surface area contributed by atoms with Crippen LogP contribution in [0.25, 0.3) is 44.2 Å². The zero-order valence-electron chi connectivity index (χ0n) is 19.8. The van der Waals surface area contributed by atoms with Gasteiger partial charge in [0.25, 0.3) is 0 Å². The number of rotatable bonds is 6. The van der Waals surface area contributed by atoms with E-state index in [1.54, 1.807) is 0 Å². The Kier molecular flexibility index (Phi) is 6.01. The second-order valence-corrected chi connectivity index (χ2v) is 8.48. The lowest BCUT2D eigenvalue weighted by Gasteiger charge is -2.10. The molecular weight excluding hydrogens is 410 g/mol. The van der Waals surface area contributed by atoms with Gasteiger partial charge in [-0.2, -0.15) is 0 Å². The molecule has 5 rings (SSSR count). The van der Waals surface area contributed by atoms with Crippen LogP contribution >= 0.6 is 0 Å². The van der Waals surface area contributed by atoms with Gasteiger partial charge in [-0.15, -0.1) is 0 Å². The van der Waals surface area contributed by atoms with Gasteiger partial charge in [-0.1, -0.05) is 105 Å². The topological polar surface area (TPSA) is 4.93 Å². The van der Waals surface area contributed by atoms with Crippen molar-refractivity contribution in [2.75, 3.05) is 0 Å². The van der Waals surface area contributed by atoms with Crippen LogP contribution < -0.4 is 0 Å². The zero-order valence-corrected chi connectivity index (χ0v) is 19.8. The van der Waals surface area contributed by atoms with Crippen LogP contribution in [0.4, 0.5) is 0 Å². The Morgan fingerprint density at radius 2 is 1.50 bits per heavy atom. The maximum Gasteiger partial charge on any atom is 0.0547 e. The van der Waals surface area contributed by atoms with Gasteiger partial charge in [0.15, 0.2) is 0 Å². The molecule has 0 radical (unpaired) electrons. The molecule has 0 amide bonds. The molecule has 0 aliphatic rings. The molecule has 1 aromatic heterocycles. The summed E-state index contributed by atoms with van der Waals surface area (Å²) in [6.07, 6.45) is 9.26. The summed E-state index contributed by atoms with van der Waals surface area (Å²) in [6, 6.07) is 32.9. The van der Waals surface area contributed by atoms with E-state index in [9.17, 15) is 0 Å². The van der Waals surface area contributed by atoms with Gasteiger partial charge in [-0.05, 0) is 65.4 Å². The number of aryl methyl sites for hydroxylation is 1. The van der Waals surface area contributed by atoms with Crippen molar-refractivity contribution in [2.45, 2.75) is 20.3 Å². The van der Waals surface area contributed by atoms with Gasteiger partial charge in [-0.3, -0.25) is 0 Å². The van der Waals surface area contributed by atoms with Gasteiger partial charge in [0.1, 0.15) is 0 Å². The van der Waals surface area contributed by atoms with Gasteiger partial charge < -0.3 is 4.57 Å². The average molecular weight is 440 g/mol. The predicted molar refractivity (Wildman–Crippen MR) is 149 cm³/mol. The normalized spacial score (nSPS) is 12.1. The minimum Gasteiger partial charge on any atom is -0.309 e. The van der Waals surface area contributed by atoms with E-state index < -0.39 is 0 Å². The van der Waals surface area contributed by atoms with Crippen LogP contribution in [0.1, 0.15) is 25.0 Å². The summed E-state index contributed by atoms with van der Waals surface area (Å²) < 4.78 is 2.40. The summed E-state index contributed by atoms with van der Waals surface area (Å²) >= 11 is 0. The molecule has 0 atom stereocenters. The van der Waals surface area contributed by atoms with E-state index >= 15 is 0 Å². The highest BCUT2D eigenvalue weighted by Crippen LogP contribution is 2.41. The zero-order chi connectivity index (χ0) is 23.5. The van der Waals surface area contributed by atoms with Crippen LogP contribution in [0.3, 0.4) is 0 Å². The van der Waals surface area contributed by atoms with Crippen molar-refractivity contribution < 1.29 is 0 Å². The van der Waals surface area contributed by atoms with Crippen LogP contribution in [0, 0.1) is 0 Å². The first kappa shape index (κ1) is 21.7. The number of fused-ring (bicyclic) bond motifs is 3. The molecule has 0 spiro atoms. The standard InChI is InChI=1S/C33H29N/c1-4-12-25(13-5-2)28-16-10-18-30-32(28)33-29(26-14-8-7-9-15-26)17-11-19-31(33)34(30)27-22-20-24(6-3)21-23-27/h4-5,7-23H,1,6H2,2-3H3/b13-5-,25-12+. The van der Waals surface area contributed by atoms with Gasteiger partial charge in [0.2, 0.25) is 0 Å². The van der Waals surface area contributed by atoms with Crippen LogP contribution in [0.15, 0.2) is 122 Å². The lowest BCUT2D eigenvalue weighted by molar-refractivity contribution is 1.12. The molecule has 166 valence electrons. The Balaban J connectivity index is 1.96. The molecule has 0 bridgehead atoms. The minimum atomic E-state index is 1.04. The number of benzene rings is 4. The third kappa shape index (κ3) is 3.70. The molecule has 0 saturated heterocycles. The molecule has 4 aromatic carbocycles. The van der Waals surface area contributed by atoms with Crippen LogP contribution in [0.5, 0.6) is 0 Å². The van der Waals surface area contributed by atoms with Crippen LogP contribution in [-0.4, -0.2) is 4.57 Å². The van der Waals surface area contributed by atoms with Crippen molar-refractivity contribution in [2.24, 2.45) is 0 Å². The Bertz CT molecular complexity index is 1530. The smallest absolute Gasteiger partial charge is 0.0547 e. The van der Waals surface area contributed by atoms with Crippen LogP contribution in [0.2, 0.25) is 0 Å². The number of nitrogens with zero attached hydrogens (tertiary/aromatic N) is 1. The van der Waals surface area contributed by atoms with E-state index in [0.717, 1.165) is 12.0 Å². The van der Waals surface area contributed by atoms with Gasteiger partial charge >= 0.3 is 0 Å². The number of aromatic nitrogens is 1. The summed E-state index contributed by atoms with van der Waals surface area (Å²) in [6.45, 7) is 8.23. The van der Waals surface area contributed by atoms with Crippen LogP contribution in [-0.2, 0) is 6.42 Å². The Morgan fingerprint density at radius 3 is 2.18 bits per heavy atom. The highest BCUT2D eigenvalue weighted by atomic mass is 15.0. The summed E-state index contributed by atoms with van der Waals surface area (Å²) in [7, 11) is 0. The SMILES string of the molecule is C=C/C=C(\C=C/C)c1cccc2c1c1c(-c3ccccc3)cccc1n2-c1ccc(CC)cc1. The van der Waals surface area contributed by atoms with E-state index in [4.69, 9.17) is 0 Å². The highest BCUT2D eigenvalue weighted by molar-refractivity contribution is 6.19. The molecule has 0 aliphatic heterocycles. The lowest BCUT2D eigenvalue weighted by Crippen LogP contribution is -1.94. The minimum absolute atomic E-state index is 1.04. The summed E-state index contributed by atoms with van der Waals surface area (Å²) in [4.78, 5) is 0. The monoisotopic (exact) mass is 439 g/mol. The Hall–Kier alpha value is -4.10. The van der Waals surface area contributed by atoms with Crippen molar-refractivity contribution in [3.05, 3.63) is 133 Å². The fourth-order valence-corrected chi connectivity index (χ4v) is 4.91. The van der Waals surface area contributed by atoms with Crippen molar-refractivity contribution >= 4 is 27.4 Å². The molecule has 1 heteroatoms. The van der Waals surface area contributed by atoms with Gasteiger partial charge in [0, 0.05) is 16.5 Å². The molecule has 1 nitrogen and oxygen atoms in total. The molecule has 0 aliphatic carbocycles. The van der Waals surface area contributed by atoms with Crippen molar-refractivity contribution in [1.82, 2.24) is 4.57 Å². The maximum atomic E-state index is 3.97. The first-order chi connectivity index (χ1) is 16.8. The molecule has 0 N–H and O–H groups in total. The molecule has 5 aromatic rings. The fourth-order valence-electron chi connectivity index (χ4n) is 4.91. The first-order valence-corrected chi connectivity index (χ1v) is 11.9. The molecule has 34 heavy (non-hydrogen) atoms. The second-order valence-electron chi connectivity index (χ2n) is 8.48. The second kappa shape index (κ2) is 9.41. The third-order valence-corrected chi connectivity index (χ3v) is 6.46. The van der Waals surface area contributed by atoms with E-state index in [1.807, 2.05) is 6.08 Å². The molecule has 1 heterocycles. The highest BCUT2D eigenvalue weighted by Gasteiger charge is 2.19. The van der Waals surface area contributed by atoms with Gasteiger partial charge in [0.05, 0.1) is 11.0 Å².